The van der Waals surface area contributed by atoms with Crippen molar-refractivity contribution < 1.29 is 4.79 Å². The van der Waals surface area contributed by atoms with E-state index in [1.165, 1.54) is 17.0 Å². The number of rotatable bonds is 3. The molecular weight excluding hydrogens is 272 g/mol. The largest absolute Gasteiger partial charge is 0.304 e. The Labute approximate surface area is 124 Å². The molecule has 110 valence electrons. The first-order chi connectivity index (χ1) is 9.61. The summed E-state index contributed by atoms with van der Waals surface area (Å²) in [6.45, 7) is 5.67. The number of thiazole rings is 1. The number of nitrogens with zero attached hydrogens (tertiary/aromatic N) is 3. The molecule has 0 saturated carbocycles. The van der Waals surface area contributed by atoms with Crippen LogP contribution in [-0.4, -0.2) is 60.0 Å². The number of hydrogen-bond acceptors (Lipinski definition) is 5. The summed E-state index contributed by atoms with van der Waals surface area (Å²) in [7, 11) is 2.13. The molecule has 2 aliphatic rings. The molecule has 1 saturated heterocycles. The zero-order valence-electron chi connectivity index (χ0n) is 12.2. The Balaban J connectivity index is 1.54. The lowest BCUT2D eigenvalue weighted by atomic mass is 10.2. The number of piperazine rings is 1. The standard InChI is InChI=1S/C14H22N4OS/c1-10-8-17(2)6-7-18(10)9-13(19)16-14-15-11-4-3-5-12(11)20-14/h10H,3-9H2,1-2H3,(H,15,16,19). The smallest absolute Gasteiger partial charge is 0.240 e. The molecule has 2 heterocycles. The van der Waals surface area contributed by atoms with Gasteiger partial charge in [0.05, 0.1) is 12.2 Å². The fourth-order valence-corrected chi connectivity index (χ4v) is 4.07. The summed E-state index contributed by atoms with van der Waals surface area (Å²) in [5, 5.41) is 3.74. The zero-order valence-corrected chi connectivity index (χ0v) is 13.0. The molecule has 0 aromatic carbocycles. The fraction of sp³-hybridized carbons (Fsp3) is 0.714. The molecule has 1 atom stereocenters. The Hall–Kier alpha value is -0.980. The minimum absolute atomic E-state index is 0.0637. The molecule has 1 fully saturated rings. The van der Waals surface area contributed by atoms with Gasteiger partial charge in [0.2, 0.25) is 5.91 Å². The predicted octanol–water partition coefficient (Wildman–Crippen LogP) is 1.21. The maximum atomic E-state index is 12.1. The molecule has 0 radical (unpaired) electrons. The van der Waals surface area contributed by atoms with Crippen LogP contribution in [0.5, 0.6) is 0 Å². The number of amides is 1. The summed E-state index contributed by atoms with van der Waals surface area (Å²) in [6, 6.07) is 0.431. The van der Waals surface area contributed by atoms with E-state index in [2.05, 4.69) is 34.1 Å². The van der Waals surface area contributed by atoms with Gasteiger partial charge in [-0.15, -0.1) is 11.3 Å². The Morgan fingerprint density at radius 1 is 1.45 bits per heavy atom. The lowest BCUT2D eigenvalue weighted by molar-refractivity contribution is -0.118. The molecule has 3 rings (SSSR count). The van der Waals surface area contributed by atoms with Gasteiger partial charge in [-0.25, -0.2) is 4.98 Å². The van der Waals surface area contributed by atoms with Crippen LogP contribution in [0.4, 0.5) is 5.13 Å². The highest BCUT2D eigenvalue weighted by Crippen LogP contribution is 2.30. The average Bonchev–Trinajstić information content (AvgIpc) is 2.93. The first-order valence-corrected chi connectivity index (χ1v) is 8.14. The molecule has 1 aliphatic heterocycles. The lowest BCUT2D eigenvalue weighted by Crippen LogP contribution is -2.52. The number of carbonyl (C=O) groups excluding carboxylic acids is 1. The third-order valence-corrected chi connectivity index (χ3v) is 5.23. The molecule has 20 heavy (non-hydrogen) atoms. The van der Waals surface area contributed by atoms with Crippen LogP contribution in [0, 0.1) is 0 Å². The van der Waals surface area contributed by atoms with Crippen LogP contribution in [-0.2, 0) is 17.6 Å². The molecule has 0 bridgehead atoms. The van der Waals surface area contributed by atoms with Gasteiger partial charge in [0.25, 0.3) is 0 Å². The van der Waals surface area contributed by atoms with Crippen molar-refractivity contribution in [1.82, 2.24) is 14.8 Å². The molecular formula is C14H22N4OS. The van der Waals surface area contributed by atoms with Crippen molar-refractivity contribution in [3.05, 3.63) is 10.6 Å². The first-order valence-electron chi connectivity index (χ1n) is 7.33. The molecule has 1 N–H and O–H groups in total. The number of aryl methyl sites for hydroxylation is 2. The second-order valence-corrected chi connectivity index (χ2v) is 6.96. The van der Waals surface area contributed by atoms with Crippen molar-refractivity contribution in [3.63, 3.8) is 0 Å². The van der Waals surface area contributed by atoms with Gasteiger partial charge >= 0.3 is 0 Å². The minimum atomic E-state index is 0.0637. The topological polar surface area (TPSA) is 48.5 Å². The number of carbonyl (C=O) groups is 1. The van der Waals surface area contributed by atoms with E-state index >= 15 is 0 Å². The van der Waals surface area contributed by atoms with Crippen molar-refractivity contribution in [3.8, 4) is 0 Å². The van der Waals surface area contributed by atoms with Crippen LogP contribution >= 0.6 is 11.3 Å². The SMILES string of the molecule is CC1CN(C)CCN1CC(=O)Nc1nc2c(s1)CCC2. The summed E-state index contributed by atoms with van der Waals surface area (Å²) < 4.78 is 0. The highest BCUT2D eigenvalue weighted by molar-refractivity contribution is 7.15. The molecule has 1 amide bonds. The van der Waals surface area contributed by atoms with Gasteiger partial charge in [0.1, 0.15) is 0 Å². The van der Waals surface area contributed by atoms with Gasteiger partial charge in [0.15, 0.2) is 5.13 Å². The van der Waals surface area contributed by atoms with Crippen LogP contribution in [0.2, 0.25) is 0 Å². The van der Waals surface area contributed by atoms with Gasteiger partial charge in [-0.3, -0.25) is 9.69 Å². The van der Waals surface area contributed by atoms with Crippen LogP contribution in [0.15, 0.2) is 0 Å². The minimum Gasteiger partial charge on any atom is -0.304 e. The van der Waals surface area contributed by atoms with Crippen LogP contribution in [0.3, 0.4) is 0 Å². The van der Waals surface area contributed by atoms with E-state index < -0.39 is 0 Å². The molecule has 1 aromatic rings. The number of aromatic nitrogens is 1. The monoisotopic (exact) mass is 294 g/mol. The van der Waals surface area contributed by atoms with E-state index in [0.717, 1.165) is 37.6 Å². The Bertz CT molecular complexity index is 480. The summed E-state index contributed by atoms with van der Waals surface area (Å²) in [4.78, 5) is 22.6. The van der Waals surface area contributed by atoms with Gasteiger partial charge in [-0.2, -0.15) is 0 Å². The highest BCUT2D eigenvalue weighted by Gasteiger charge is 2.24. The van der Waals surface area contributed by atoms with Crippen molar-refractivity contribution >= 4 is 22.4 Å². The lowest BCUT2D eigenvalue weighted by Gasteiger charge is -2.37. The second-order valence-electron chi connectivity index (χ2n) is 5.87. The molecule has 0 spiro atoms. The van der Waals surface area contributed by atoms with E-state index in [4.69, 9.17) is 0 Å². The maximum Gasteiger partial charge on any atom is 0.240 e. The number of nitrogens with one attached hydrogen (secondary N) is 1. The zero-order chi connectivity index (χ0) is 14.1. The van der Waals surface area contributed by atoms with Crippen molar-refractivity contribution in [2.45, 2.75) is 32.2 Å². The summed E-state index contributed by atoms with van der Waals surface area (Å²) in [5.41, 5.74) is 1.19. The molecule has 1 unspecified atom stereocenters. The van der Waals surface area contributed by atoms with Gasteiger partial charge in [-0.05, 0) is 33.2 Å². The first kappa shape index (κ1) is 14.0. The summed E-state index contributed by atoms with van der Waals surface area (Å²) >= 11 is 1.64. The van der Waals surface area contributed by atoms with Gasteiger partial charge in [0, 0.05) is 30.6 Å². The highest BCUT2D eigenvalue weighted by atomic mass is 32.1. The number of hydrogen-bond donors (Lipinski definition) is 1. The van der Waals surface area contributed by atoms with Gasteiger partial charge in [-0.1, -0.05) is 0 Å². The van der Waals surface area contributed by atoms with E-state index in [1.807, 2.05) is 0 Å². The van der Waals surface area contributed by atoms with E-state index in [9.17, 15) is 4.79 Å². The Kier molecular flexibility index (Phi) is 4.05. The third-order valence-electron chi connectivity index (χ3n) is 4.16. The molecule has 1 aliphatic carbocycles. The van der Waals surface area contributed by atoms with E-state index in [0.29, 0.717) is 12.6 Å². The fourth-order valence-electron chi connectivity index (χ4n) is 3.00. The van der Waals surface area contributed by atoms with Crippen molar-refractivity contribution in [1.29, 1.82) is 0 Å². The number of fused-ring (bicyclic) bond motifs is 1. The second kappa shape index (κ2) is 5.79. The molecule has 1 aromatic heterocycles. The molecule has 5 nitrogen and oxygen atoms in total. The van der Waals surface area contributed by atoms with Gasteiger partial charge < -0.3 is 10.2 Å². The predicted molar refractivity (Wildman–Crippen MR) is 81.3 cm³/mol. The third kappa shape index (κ3) is 3.02. The maximum absolute atomic E-state index is 12.1. The van der Waals surface area contributed by atoms with Crippen LogP contribution in [0.1, 0.15) is 23.9 Å². The number of likely N-dealkylation sites (N-methyl/N-ethyl adjacent to an activating group) is 1. The average molecular weight is 294 g/mol. The Morgan fingerprint density at radius 2 is 2.30 bits per heavy atom. The normalized spacial score (nSPS) is 23.8. The van der Waals surface area contributed by atoms with Crippen LogP contribution < -0.4 is 5.32 Å². The molecule has 6 heteroatoms. The Morgan fingerprint density at radius 3 is 3.05 bits per heavy atom. The summed E-state index contributed by atoms with van der Waals surface area (Å²) in [5.74, 6) is 0.0637. The van der Waals surface area contributed by atoms with E-state index in [-0.39, 0.29) is 5.91 Å². The van der Waals surface area contributed by atoms with Crippen molar-refractivity contribution in [2.75, 3.05) is 38.5 Å². The van der Waals surface area contributed by atoms with Crippen LogP contribution in [0.25, 0.3) is 0 Å². The summed E-state index contributed by atoms with van der Waals surface area (Å²) in [6.07, 6.45) is 3.40. The quantitative estimate of drug-likeness (QED) is 0.910. The van der Waals surface area contributed by atoms with Crippen molar-refractivity contribution in [2.24, 2.45) is 0 Å². The van der Waals surface area contributed by atoms with E-state index in [1.54, 1.807) is 11.3 Å². The number of anilines is 1.